The second-order valence-corrected chi connectivity index (χ2v) is 6.13. The van der Waals surface area contributed by atoms with Crippen molar-refractivity contribution in [2.24, 2.45) is 0 Å². The summed E-state index contributed by atoms with van der Waals surface area (Å²) in [7, 11) is 0. The normalized spacial score (nSPS) is 13.6. The van der Waals surface area contributed by atoms with Crippen molar-refractivity contribution in [3.05, 3.63) is 40.7 Å². The van der Waals surface area contributed by atoms with E-state index in [1.165, 1.54) is 4.80 Å². The van der Waals surface area contributed by atoms with Crippen LogP contribution in [0.2, 0.25) is 0 Å². The highest BCUT2D eigenvalue weighted by Gasteiger charge is 2.24. The summed E-state index contributed by atoms with van der Waals surface area (Å²) in [6, 6.07) is 6.13. The largest absolute Gasteiger partial charge is 0.451 e. The third-order valence-corrected chi connectivity index (χ3v) is 3.82. The number of esters is 1. The summed E-state index contributed by atoms with van der Waals surface area (Å²) in [6.07, 6.45) is 1.98. The lowest BCUT2D eigenvalue weighted by Crippen LogP contribution is -2.30. The number of hydrogen-bond acceptors (Lipinski definition) is 5. The zero-order chi connectivity index (χ0) is 17.3. The molecule has 126 valence electrons. The van der Waals surface area contributed by atoms with E-state index in [4.69, 9.17) is 4.74 Å². The SMILES string of the molecule is Cc1ccc(-n2nc(C)c(C(=O)OCC(=O)NC3CC3)n2)c(C)c1. The van der Waals surface area contributed by atoms with Crippen molar-refractivity contribution in [2.45, 2.75) is 39.7 Å². The van der Waals surface area contributed by atoms with Gasteiger partial charge in [0, 0.05) is 6.04 Å². The van der Waals surface area contributed by atoms with E-state index >= 15 is 0 Å². The number of aryl methyl sites for hydroxylation is 3. The van der Waals surface area contributed by atoms with Gasteiger partial charge in [-0.15, -0.1) is 5.10 Å². The summed E-state index contributed by atoms with van der Waals surface area (Å²) in [6.45, 7) is 5.36. The number of carbonyl (C=O) groups excluding carboxylic acids is 2. The standard InChI is InChI=1S/C17H20N4O3/c1-10-4-7-14(11(2)8-10)21-19-12(3)16(20-21)17(23)24-9-15(22)18-13-5-6-13/h4,7-8,13H,5-6,9H2,1-3H3,(H,18,22). The van der Waals surface area contributed by atoms with Gasteiger partial charge in [-0.25, -0.2) is 4.79 Å². The van der Waals surface area contributed by atoms with E-state index in [1.807, 2.05) is 32.0 Å². The molecule has 0 saturated heterocycles. The molecule has 3 rings (SSSR count). The fourth-order valence-corrected chi connectivity index (χ4v) is 2.40. The Morgan fingerprint density at radius 1 is 1.25 bits per heavy atom. The fraction of sp³-hybridized carbons (Fsp3) is 0.412. The van der Waals surface area contributed by atoms with Crippen LogP contribution in [0.15, 0.2) is 18.2 Å². The van der Waals surface area contributed by atoms with Crippen molar-refractivity contribution in [2.75, 3.05) is 6.61 Å². The van der Waals surface area contributed by atoms with Gasteiger partial charge in [-0.1, -0.05) is 17.7 Å². The van der Waals surface area contributed by atoms with Crippen LogP contribution in [0.5, 0.6) is 0 Å². The molecule has 7 heteroatoms. The molecule has 2 aromatic rings. The van der Waals surface area contributed by atoms with Crippen LogP contribution in [-0.4, -0.2) is 39.5 Å². The number of nitrogens with zero attached hydrogens (tertiary/aromatic N) is 3. The Bertz CT molecular complexity index is 793. The van der Waals surface area contributed by atoms with E-state index in [1.54, 1.807) is 6.92 Å². The first-order valence-corrected chi connectivity index (χ1v) is 7.92. The van der Waals surface area contributed by atoms with Gasteiger partial charge in [-0.3, -0.25) is 4.79 Å². The molecule has 1 aromatic carbocycles. The summed E-state index contributed by atoms with van der Waals surface area (Å²) in [5.41, 5.74) is 3.53. The van der Waals surface area contributed by atoms with Crippen molar-refractivity contribution in [3.8, 4) is 5.69 Å². The molecule has 24 heavy (non-hydrogen) atoms. The average molecular weight is 328 g/mol. The number of ether oxygens (including phenoxy) is 1. The molecule has 0 unspecified atom stereocenters. The third kappa shape index (κ3) is 3.61. The zero-order valence-corrected chi connectivity index (χ0v) is 14.0. The molecule has 1 N–H and O–H groups in total. The average Bonchev–Trinajstić information content (AvgIpc) is 3.25. The molecule has 0 radical (unpaired) electrons. The molecule has 1 aliphatic rings. The predicted molar refractivity (Wildman–Crippen MR) is 87.0 cm³/mol. The minimum Gasteiger partial charge on any atom is -0.451 e. The number of amides is 1. The van der Waals surface area contributed by atoms with Gasteiger partial charge < -0.3 is 10.1 Å². The monoisotopic (exact) mass is 328 g/mol. The van der Waals surface area contributed by atoms with Gasteiger partial charge in [-0.05, 0) is 45.2 Å². The van der Waals surface area contributed by atoms with E-state index in [0.717, 1.165) is 29.7 Å². The van der Waals surface area contributed by atoms with Crippen LogP contribution in [0.4, 0.5) is 0 Å². The number of carbonyl (C=O) groups is 2. The molecule has 1 aliphatic carbocycles. The molecule has 0 aliphatic heterocycles. The summed E-state index contributed by atoms with van der Waals surface area (Å²) < 4.78 is 5.03. The smallest absolute Gasteiger partial charge is 0.361 e. The second-order valence-electron chi connectivity index (χ2n) is 6.13. The van der Waals surface area contributed by atoms with Crippen LogP contribution in [0.25, 0.3) is 5.69 Å². The first-order valence-electron chi connectivity index (χ1n) is 7.92. The maximum atomic E-state index is 12.1. The van der Waals surface area contributed by atoms with Gasteiger partial charge in [0.2, 0.25) is 0 Å². The first kappa shape index (κ1) is 16.2. The molecule has 1 amide bonds. The van der Waals surface area contributed by atoms with Gasteiger partial charge in [0.05, 0.1) is 11.4 Å². The van der Waals surface area contributed by atoms with Crippen molar-refractivity contribution in [1.29, 1.82) is 0 Å². The van der Waals surface area contributed by atoms with Crippen LogP contribution < -0.4 is 5.32 Å². The van der Waals surface area contributed by atoms with Crippen molar-refractivity contribution >= 4 is 11.9 Å². The molecule has 7 nitrogen and oxygen atoms in total. The molecule has 0 spiro atoms. The summed E-state index contributed by atoms with van der Waals surface area (Å²) in [5.74, 6) is -0.931. The van der Waals surface area contributed by atoms with Gasteiger partial charge in [0.1, 0.15) is 0 Å². The Labute approximate surface area is 140 Å². The maximum Gasteiger partial charge on any atom is 0.361 e. The van der Waals surface area contributed by atoms with Crippen molar-refractivity contribution < 1.29 is 14.3 Å². The lowest BCUT2D eigenvalue weighted by atomic mass is 10.1. The van der Waals surface area contributed by atoms with Gasteiger partial charge >= 0.3 is 5.97 Å². The van der Waals surface area contributed by atoms with Crippen LogP contribution >= 0.6 is 0 Å². The second kappa shape index (κ2) is 6.43. The maximum absolute atomic E-state index is 12.1. The molecule has 1 saturated carbocycles. The Balaban J connectivity index is 1.70. The first-order chi connectivity index (χ1) is 11.4. The summed E-state index contributed by atoms with van der Waals surface area (Å²) in [4.78, 5) is 25.1. The minimum absolute atomic E-state index is 0.120. The van der Waals surface area contributed by atoms with Crippen molar-refractivity contribution in [1.82, 2.24) is 20.3 Å². The van der Waals surface area contributed by atoms with Gasteiger partial charge in [-0.2, -0.15) is 9.90 Å². The molecular formula is C17H20N4O3. The highest BCUT2D eigenvalue weighted by atomic mass is 16.5. The van der Waals surface area contributed by atoms with E-state index in [0.29, 0.717) is 5.69 Å². The van der Waals surface area contributed by atoms with Gasteiger partial charge in [0.25, 0.3) is 5.91 Å². The van der Waals surface area contributed by atoms with Crippen LogP contribution in [0.1, 0.15) is 40.2 Å². The topological polar surface area (TPSA) is 86.1 Å². The van der Waals surface area contributed by atoms with E-state index in [9.17, 15) is 9.59 Å². The predicted octanol–water partition coefficient (Wildman–Crippen LogP) is 1.63. The molecule has 1 fully saturated rings. The molecule has 0 atom stereocenters. The number of hydrogen-bond donors (Lipinski definition) is 1. The number of nitrogens with one attached hydrogen (secondary N) is 1. The Kier molecular flexibility index (Phi) is 4.33. The number of benzene rings is 1. The lowest BCUT2D eigenvalue weighted by Gasteiger charge is -2.05. The zero-order valence-electron chi connectivity index (χ0n) is 14.0. The minimum atomic E-state index is -0.644. The molecule has 1 heterocycles. The molecular weight excluding hydrogens is 308 g/mol. The molecule has 1 aromatic heterocycles. The number of aromatic nitrogens is 3. The van der Waals surface area contributed by atoms with Gasteiger partial charge in [0.15, 0.2) is 12.3 Å². The number of rotatable bonds is 5. The highest BCUT2D eigenvalue weighted by Crippen LogP contribution is 2.18. The van der Waals surface area contributed by atoms with E-state index < -0.39 is 5.97 Å². The van der Waals surface area contributed by atoms with E-state index in [-0.39, 0.29) is 24.2 Å². The Morgan fingerprint density at radius 2 is 2.00 bits per heavy atom. The summed E-state index contributed by atoms with van der Waals surface area (Å²) in [5, 5.41) is 11.3. The third-order valence-electron chi connectivity index (χ3n) is 3.82. The quantitative estimate of drug-likeness (QED) is 0.843. The lowest BCUT2D eigenvalue weighted by molar-refractivity contribution is -0.124. The van der Waals surface area contributed by atoms with Crippen LogP contribution in [-0.2, 0) is 9.53 Å². The molecule has 0 bridgehead atoms. The van der Waals surface area contributed by atoms with Crippen molar-refractivity contribution in [3.63, 3.8) is 0 Å². The Hall–Kier alpha value is -2.70. The Morgan fingerprint density at radius 3 is 2.67 bits per heavy atom. The highest BCUT2D eigenvalue weighted by molar-refractivity contribution is 5.90. The summed E-state index contributed by atoms with van der Waals surface area (Å²) >= 11 is 0. The fourth-order valence-electron chi connectivity index (χ4n) is 2.40. The van der Waals surface area contributed by atoms with Crippen LogP contribution in [0.3, 0.4) is 0 Å². The van der Waals surface area contributed by atoms with Crippen LogP contribution in [0, 0.1) is 20.8 Å². The van der Waals surface area contributed by atoms with E-state index in [2.05, 4.69) is 15.5 Å².